The Bertz CT molecular complexity index is 602. The van der Waals surface area contributed by atoms with Crippen LogP contribution >= 0.6 is 11.3 Å². The molecule has 21 heavy (non-hydrogen) atoms. The molecule has 0 spiro atoms. The largest absolute Gasteiger partial charge is 0.497 e. The van der Waals surface area contributed by atoms with Gasteiger partial charge in [-0.15, -0.1) is 11.3 Å². The summed E-state index contributed by atoms with van der Waals surface area (Å²) in [4.78, 5) is 5.53. The van der Waals surface area contributed by atoms with Crippen molar-refractivity contribution >= 4 is 17.3 Å². The van der Waals surface area contributed by atoms with Gasteiger partial charge in [0.15, 0.2) is 5.96 Å². The lowest BCUT2D eigenvalue weighted by Crippen LogP contribution is -2.36. The summed E-state index contributed by atoms with van der Waals surface area (Å²) in [6.07, 6.45) is 0. The molecule has 1 aromatic carbocycles. The van der Waals surface area contributed by atoms with Crippen molar-refractivity contribution in [2.75, 3.05) is 7.11 Å². The van der Waals surface area contributed by atoms with Crippen molar-refractivity contribution in [2.24, 2.45) is 10.7 Å². The first-order valence-electron chi connectivity index (χ1n) is 6.87. The number of guanidine groups is 1. The van der Waals surface area contributed by atoms with Crippen molar-refractivity contribution in [3.05, 3.63) is 40.6 Å². The number of hydrogen-bond acceptors (Lipinski definition) is 3. The number of benzene rings is 1. The van der Waals surface area contributed by atoms with Crippen LogP contribution in [0.2, 0.25) is 0 Å². The lowest BCUT2D eigenvalue weighted by atomic mass is 10.1. The van der Waals surface area contributed by atoms with E-state index < -0.39 is 0 Å². The van der Waals surface area contributed by atoms with Crippen LogP contribution in [0.15, 0.2) is 40.7 Å². The number of thiophene rings is 1. The molecule has 0 unspecified atom stereocenters. The van der Waals surface area contributed by atoms with E-state index >= 15 is 0 Å². The number of nitrogens with one attached hydrogen (secondary N) is 1. The molecule has 5 heteroatoms. The summed E-state index contributed by atoms with van der Waals surface area (Å²) in [5, 5.41) is 5.22. The number of nitrogens with zero attached hydrogens (tertiary/aromatic N) is 1. The monoisotopic (exact) mass is 303 g/mol. The molecule has 0 atom stereocenters. The maximum absolute atomic E-state index is 5.80. The molecule has 0 saturated heterocycles. The molecule has 0 radical (unpaired) electrons. The fourth-order valence-corrected chi connectivity index (χ4v) is 2.72. The fourth-order valence-electron chi connectivity index (χ4n) is 1.90. The third-order valence-electron chi connectivity index (χ3n) is 2.92. The molecule has 0 amide bonds. The highest BCUT2D eigenvalue weighted by Crippen LogP contribution is 2.27. The summed E-state index contributed by atoms with van der Waals surface area (Å²) in [5.41, 5.74) is 8.18. The lowest BCUT2D eigenvalue weighted by molar-refractivity contribution is 0.415. The maximum atomic E-state index is 5.80. The maximum Gasteiger partial charge on any atom is 0.189 e. The predicted octanol–water partition coefficient (Wildman–Crippen LogP) is 3.24. The zero-order chi connectivity index (χ0) is 15.2. The molecule has 0 saturated carbocycles. The molecule has 1 heterocycles. The molecule has 2 rings (SSSR count). The van der Waals surface area contributed by atoms with Gasteiger partial charge in [0, 0.05) is 10.9 Å². The van der Waals surface area contributed by atoms with Gasteiger partial charge in [0.25, 0.3) is 0 Å². The van der Waals surface area contributed by atoms with Crippen LogP contribution in [0.3, 0.4) is 0 Å². The highest BCUT2D eigenvalue weighted by atomic mass is 32.1. The van der Waals surface area contributed by atoms with Gasteiger partial charge in [-0.2, -0.15) is 0 Å². The third-order valence-corrected chi connectivity index (χ3v) is 3.84. The van der Waals surface area contributed by atoms with Crippen molar-refractivity contribution in [2.45, 2.75) is 26.4 Å². The second kappa shape index (κ2) is 7.13. The Labute approximate surface area is 129 Å². The molecule has 0 aliphatic rings. The number of rotatable bonds is 5. The molecular weight excluding hydrogens is 282 g/mol. The van der Waals surface area contributed by atoms with Gasteiger partial charge < -0.3 is 15.8 Å². The van der Waals surface area contributed by atoms with E-state index in [1.165, 1.54) is 16.0 Å². The fraction of sp³-hybridized carbons (Fsp3) is 0.312. The predicted molar refractivity (Wildman–Crippen MR) is 89.9 cm³/mol. The lowest BCUT2D eigenvalue weighted by Gasteiger charge is -2.07. The SMILES string of the molecule is COc1ccc(-c2csc(CN=C(N)NC(C)C)c2)cc1. The zero-order valence-corrected chi connectivity index (χ0v) is 13.4. The van der Waals surface area contributed by atoms with Crippen molar-refractivity contribution in [3.63, 3.8) is 0 Å². The van der Waals surface area contributed by atoms with Gasteiger partial charge in [-0.1, -0.05) is 12.1 Å². The second-order valence-electron chi connectivity index (χ2n) is 5.03. The zero-order valence-electron chi connectivity index (χ0n) is 12.6. The average Bonchev–Trinajstić information content (AvgIpc) is 2.93. The van der Waals surface area contributed by atoms with E-state index in [4.69, 9.17) is 10.5 Å². The highest BCUT2D eigenvalue weighted by molar-refractivity contribution is 7.10. The first-order chi connectivity index (χ1) is 10.1. The standard InChI is InChI=1S/C16H21N3OS/c1-11(2)19-16(17)18-9-15-8-13(10-21-15)12-4-6-14(20-3)7-5-12/h4-8,10-11H,9H2,1-3H3,(H3,17,18,19). The van der Waals surface area contributed by atoms with E-state index in [1.54, 1.807) is 18.4 Å². The Hall–Kier alpha value is -2.01. The van der Waals surface area contributed by atoms with Crippen LogP contribution in [0, 0.1) is 0 Å². The highest BCUT2D eigenvalue weighted by Gasteiger charge is 2.03. The van der Waals surface area contributed by atoms with Gasteiger partial charge in [0.2, 0.25) is 0 Å². The summed E-state index contributed by atoms with van der Waals surface area (Å²) < 4.78 is 5.17. The molecule has 0 bridgehead atoms. The van der Waals surface area contributed by atoms with Crippen molar-refractivity contribution in [1.29, 1.82) is 0 Å². The van der Waals surface area contributed by atoms with Crippen LogP contribution in [-0.2, 0) is 6.54 Å². The average molecular weight is 303 g/mol. The Balaban J connectivity index is 2.03. The summed E-state index contributed by atoms with van der Waals surface area (Å²) in [6, 6.07) is 10.5. The molecular formula is C16H21N3OS. The first kappa shape index (κ1) is 15.4. The van der Waals surface area contributed by atoms with Gasteiger partial charge >= 0.3 is 0 Å². The van der Waals surface area contributed by atoms with Crippen LogP contribution in [0.25, 0.3) is 11.1 Å². The molecule has 3 N–H and O–H groups in total. The van der Waals surface area contributed by atoms with Crippen molar-refractivity contribution < 1.29 is 4.74 Å². The number of hydrogen-bond donors (Lipinski definition) is 2. The Morgan fingerprint density at radius 3 is 2.62 bits per heavy atom. The molecule has 112 valence electrons. The van der Waals surface area contributed by atoms with Gasteiger partial charge in [0.1, 0.15) is 5.75 Å². The number of aliphatic imine (C=N–C) groups is 1. The summed E-state index contributed by atoms with van der Waals surface area (Å²) >= 11 is 1.69. The molecule has 1 aromatic heterocycles. The van der Waals surface area contributed by atoms with E-state index in [0.717, 1.165) is 5.75 Å². The molecule has 0 aliphatic carbocycles. The molecule has 0 aliphatic heterocycles. The minimum absolute atomic E-state index is 0.298. The van der Waals surface area contributed by atoms with E-state index in [2.05, 4.69) is 33.9 Å². The van der Waals surface area contributed by atoms with E-state index in [1.807, 2.05) is 26.0 Å². The van der Waals surface area contributed by atoms with Gasteiger partial charge in [-0.3, -0.25) is 0 Å². The van der Waals surface area contributed by atoms with Crippen LogP contribution in [0.1, 0.15) is 18.7 Å². The van der Waals surface area contributed by atoms with E-state index in [0.29, 0.717) is 18.5 Å². The summed E-state index contributed by atoms with van der Waals surface area (Å²) in [5.74, 6) is 1.36. The van der Waals surface area contributed by atoms with Gasteiger partial charge in [-0.05, 0) is 48.6 Å². The first-order valence-corrected chi connectivity index (χ1v) is 7.74. The minimum atomic E-state index is 0.298. The normalized spacial score (nSPS) is 11.7. The molecule has 4 nitrogen and oxygen atoms in total. The Morgan fingerprint density at radius 1 is 1.29 bits per heavy atom. The topological polar surface area (TPSA) is 59.6 Å². The van der Waals surface area contributed by atoms with Crippen LogP contribution in [0.5, 0.6) is 5.75 Å². The minimum Gasteiger partial charge on any atom is -0.497 e. The quantitative estimate of drug-likeness (QED) is 0.658. The summed E-state index contributed by atoms with van der Waals surface area (Å²) in [6.45, 7) is 4.68. The summed E-state index contributed by atoms with van der Waals surface area (Å²) in [7, 11) is 1.67. The van der Waals surface area contributed by atoms with Crippen molar-refractivity contribution in [1.82, 2.24) is 5.32 Å². The molecule has 2 aromatic rings. The molecule has 0 fully saturated rings. The Kier molecular flexibility index (Phi) is 5.22. The van der Waals surface area contributed by atoms with Crippen LogP contribution < -0.4 is 15.8 Å². The second-order valence-corrected chi connectivity index (χ2v) is 6.03. The Morgan fingerprint density at radius 2 is 2.00 bits per heavy atom. The van der Waals surface area contributed by atoms with Crippen molar-refractivity contribution in [3.8, 4) is 16.9 Å². The van der Waals surface area contributed by atoms with Crippen LogP contribution in [0.4, 0.5) is 0 Å². The number of methoxy groups -OCH3 is 1. The van der Waals surface area contributed by atoms with E-state index in [-0.39, 0.29) is 0 Å². The third kappa shape index (κ3) is 4.49. The van der Waals surface area contributed by atoms with Gasteiger partial charge in [0.05, 0.1) is 13.7 Å². The van der Waals surface area contributed by atoms with Crippen LogP contribution in [-0.4, -0.2) is 19.1 Å². The van der Waals surface area contributed by atoms with Gasteiger partial charge in [-0.25, -0.2) is 4.99 Å². The number of ether oxygens (including phenoxy) is 1. The van der Waals surface area contributed by atoms with E-state index in [9.17, 15) is 0 Å². The smallest absolute Gasteiger partial charge is 0.189 e. The number of nitrogens with two attached hydrogens (primary N) is 1.